The van der Waals surface area contributed by atoms with Crippen LogP contribution >= 0.6 is 11.6 Å². The molecule has 0 saturated carbocycles. The molecule has 4 rings (SSSR count). The molecule has 1 fully saturated rings. The lowest BCUT2D eigenvalue weighted by atomic mass is 10.1. The normalized spacial score (nSPS) is 18.9. The first-order valence-electron chi connectivity index (χ1n) is 10.0. The summed E-state index contributed by atoms with van der Waals surface area (Å²) in [6.07, 6.45) is 0.470. The van der Waals surface area contributed by atoms with Crippen LogP contribution in [-0.4, -0.2) is 54.8 Å². The number of piperazine rings is 1. The van der Waals surface area contributed by atoms with Crippen molar-refractivity contribution in [2.75, 3.05) is 36.4 Å². The van der Waals surface area contributed by atoms with Crippen molar-refractivity contribution in [3.05, 3.63) is 59.1 Å². The lowest BCUT2D eigenvalue weighted by Crippen LogP contribution is -2.49. The van der Waals surface area contributed by atoms with E-state index in [1.54, 1.807) is 24.3 Å². The Bertz CT molecular complexity index is 955. The highest BCUT2D eigenvalue weighted by atomic mass is 35.5. The summed E-state index contributed by atoms with van der Waals surface area (Å²) >= 11 is 5.94. The number of benzene rings is 2. The number of carbonyl (C=O) groups is 3. The Hall–Kier alpha value is -3.06. The van der Waals surface area contributed by atoms with Crippen LogP contribution in [0.1, 0.15) is 23.2 Å². The molecule has 1 atom stereocenters. The van der Waals surface area contributed by atoms with Crippen molar-refractivity contribution in [1.82, 2.24) is 10.2 Å². The third-order valence-corrected chi connectivity index (χ3v) is 5.77. The second kappa shape index (κ2) is 8.75. The Kier molecular flexibility index (Phi) is 5.90. The van der Waals surface area contributed by atoms with E-state index >= 15 is 0 Å². The Labute approximate surface area is 180 Å². The summed E-state index contributed by atoms with van der Waals surface area (Å²) < 4.78 is 0. The first kappa shape index (κ1) is 20.2. The van der Waals surface area contributed by atoms with E-state index in [1.807, 2.05) is 29.2 Å². The van der Waals surface area contributed by atoms with Gasteiger partial charge in [-0.05, 0) is 42.8 Å². The van der Waals surface area contributed by atoms with Gasteiger partial charge in [0.25, 0.3) is 5.91 Å². The number of amides is 3. The maximum Gasteiger partial charge on any atom is 0.254 e. The molecular formula is C22H23ClN4O3. The van der Waals surface area contributed by atoms with Gasteiger partial charge in [0.2, 0.25) is 11.8 Å². The molecule has 1 saturated heterocycles. The van der Waals surface area contributed by atoms with Crippen LogP contribution in [0.4, 0.5) is 11.4 Å². The van der Waals surface area contributed by atoms with Gasteiger partial charge in [0.05, 0.1) is 11.3 Å². The second-order valence-corrected chi connectivity index (χ2v) is 7.88. The van der Waals surface area contributed by atoms with E-state index in [9.17, 15) is 14.4 Å². The number of nitrogens with one attached hydrogen (secondary N) is 2. The van der Waals surface area contributed by atoms with Crippen molar-refractivity contribution in [3.8, 4) is 0 Å². The minimum Gasteiger partial charge on any atom is -0.368 e. The molecule has 0 aliphatic carbocycles. The minimum absolute atomic E-state index is 0.00503. The second-order valence-electron chi connectivity index (χ2n) is 7.44. The van der Waals surface area contributed by atoms with Crippen molar-refractivity contribution in [1.29, 1.82) is 0 Å². The molecule has 0 bridgehead atoms. The minimum atomic E-state index is -0.732. The third kappa shape index (κ3) is 4.41. The quantitative estimate of drug-likeness (QED) is 0.787. The monoisotopic (exact) mass is 426 g/mol. The van der Waals surface area contributed by atoms with Gasteiger partial charge in [-0.3, -0.25) is 14.4 Å². The average Bonchev–Trinajstić information content (AvgIpc) is 2.88. The van der Waals surface area contributed by atoms with E-state index < -0.39 is 6.04 Å². The molecule has 7 nitrogen and oxygen atoms in total. The van der Waals surface area contributed by atoms with E-state index in [4.69, 9.17) is 11.6 Å². The number of para-hydroxylation sites is 1. The zero-order valence-corrected chi connectivity index (χ0v) is 17.2. The molecule has 0 unspecified atom stereocenters. The number of hydrogen-bond donors (Lipinski definition) is 2. The van der Waals surface area contributed by atoms with Crippen LogP contribution in [-0.2, 0) is 9.59 Å². The lowest BCUT2D eigenvalue weighted by molar-refractivity contribution is -0.131. The third-order valence-electron chi connectivity index (χ3n) is 5.52. The van der Waals surface area contributed by atoms with Gasteiger partial charge in [-0.15, -0.1) is 0 Å². The predicted octanol–water partition coefficient (Wildman–Crippen LogP) is 2.52. The predicted molar refractivity (Wildman–Crippen MR) is 116 cm³/mol. The largest absolute Gasteiger partial charge is 0.368 e. The molecule has 0 aromatic heterocycles. The number of rotatable bonds is 4. The highest BCUT2D eigenvalue weighted by Gasteiger charge is 2.29. The van der Waals surface area contributed by atoms with Crippen LogP contribution in [0.5, 0.6) is 0 Å². The van der Waals surface area contributed by atoms with Crippen molar-refractivity contribution in [2.24, 2.45) is 0 Å². The van der Waals surface area contributed by atoms with Gasteiger partial charge in [0.1, 0.15) is 6.04 Å². The van der Waals surface area contributed by atoms with E-state index in [1.165, 1.54) is 0 Å². The molecule has 30 heavy (non-hydrogen) atoms. The van der Waals surface area contributed by atoms with E-state index in [0.717, 1.165) is 18.8 Å². The summed E-state index contributed by atoms with van der Waals surface area (Å²) in [7, 11) is 0. The molecule has 156 valence electrons. The fourth-order valence-electron chi connectivity index (χ4n) is 3.81. The Morgan fingerprint density at radius 1 is 1.00 bits per heavy atom. The molecule has 2 aliphatic rings. The lowest BCUT2D eigenvalue weighted by Gasteiger charge is -2.36. The zero-order valence-electron chi connectivity index (χ0n) is 16.4. The van der Waals surface area contributed by atoms with Gasteiger partial charge >= 0.3 is 0 Å². The molecule has 2 N–H and O–H groups in total. The van der Waals surface area contributed by atoms with Crippen LogP contribution in [0.15, 0.2) is 48.5 Å². The maximum atomic E-state index is 12.7. The highest BCUT2D eigenvalue weighted by Crippen LogP contribution is 2.21. The van der Waals surface area contributed by atoms with Gasteiger partial charge < -0.3 is 20.4 Å². The van der Waals surface area contributed by atoms with Gasteiger partial charge in [0, 0.05) is 43.3 Å². The number of fused-ring (bicyclic) bond motifs is 1. The number of hydrogen-bond acceptors (Lipinski definition) is 4. The topological polar surface area (TPSA) is 81.8 Å². The molecule has 8 heteroatoms. The molecule has 2 aromatic rings. The fourth-order valence-corrected chi connectivity index (χ4v) is 3.93. The Morgan fingerprint density at radius 2 is 1.70 bits per heavy atom. The Morgan fingerprint density at radius 3 is 2.43 bits per heavy atom. The summed E-state index contributed by atoms with van der Waals surface area (Å²) in [5, 5.41) is 6.21. The van der Waals surface area contributed by atoms with Crippen LogP contribution < -0.4 is 15.5 Å². The van der Waals surface area contributed by atoms with E-state index in [2.05, 4.69) is 15.5 Å². The van der Waals surface area contributed by atoms with E-state index in [0.29, 0.717) is 29.4 Å². The van der Waals surface area contributed by atoms with Crippen molar-refractivity contribution < 1.29 is 14.4 Å². The van der Waals surface area contributed by atoms with Gasteiger partial charge in [-0.2, -0.15) is 0 Å². The summed E-state index contributed by atoms with van der Waals surface area (Å²) in [5.41, 5.74) is 2.01. The van der Waals surface area contributed by atoms with Crippen LogP contribution in [0.2, 0.25) is 5.02 Å². The first-order chi connectivity index (χ1) is 14.5. The van der Waals surface area contributed by atoms with Gasteiger partial charge in [-0.1, -0.05) is 23.7 Å². The number of carbonyl (C=O) groups excluding carboxylic acids is 3. The van der Waals surface area contributed by atoms with Crippen molar-refractivity contribution >= 4 is 40.7 Å². The van der Waals surface area contributed by atoms with Crippen LogP contribution in [0.25, 0.3) is 0 Å². The summed E-state index contributed by atoms with van der Waals surface area (Å²) in [6, 6.07) is 13.8. The Balaban J connectivity index is 1.29. The average molecular weight is 427 g/mol. The summed E-state index contributed by atoms with van der Waals surface area (Å²) in [4.78, 5) is 41.6. The van der Waals surface area contributed by atoms with Crippen LogP contribution in [0, 0.1) is 0 Å². The molecule has 0 radical (unpaired) electrons. The number of halogens is 1. The molecule has 2 aromatic carbocycles. The number of anilines is 2. The van der Waals surface area contributed by atoms with E-state index in [-0.39, 0.29) is 30.6 Å². The first-order valence-corrected chi connectivity index (χ1v) is 10.4. The van der Waals surface area contributed by atoms with Gasteiger partial charge in [0.15, 0.2) is 0 Å². The smallest absolute Gasteiger partial charge is 0.254 e. The molecule has 2 heterocycles. The van der Waals surface area contributed by atoms with Crippen molar-refractivity contribution in [3.63, 3.8) is 0 Å². The fraction of sp³-hybridized carbons (Fsp3) is 0.318. The molecule has 3 amide bonds. The molecule has 2 aliphatic heterocycles. The number of nitrogens with zero attached hydrogens (tertiary/aromatic N) is 2. The van der Waals surface area contributed by atoms with Crippen LogP contribution in [0.3, 0.4) is 0 Å². The zero-order chi connectivity index (χ0) is 21.1. The molecule has 0 spiro atoms. The maximum absolute atomic E-state index is 12.7. The van der Waals surface area contributed by atoms with Gasteiger partial charge in [-0.25, -0.2) is 0 Å². The standard InChI is InChI=1S/C22H23ClN4O3/c23-15-5-7-16(8-6-15)26-11-13-27(14-12-26)20(28)10-9-19-22(30)24-18-4-2-1-3-17(18)21(29)25-19/h1-8,19H,9-14H2,(H,24,30)(H,25,29)/t19-/m1/s1. The van der Waals surface area contributed by atoms with Crippen molar-refractivity contribution in [2.45, 2.75) is 18.9 Å². The molecular weight excluding hydrogens is 404 g/mol. The summed E-state index contributed by atoms with van der Waals surface area (Å²) in [6.45, 7) is 2.72. The SMILES string of the molecule is O=C1N[C@H](CCC(=O)N2CCN(c3ccc(Cl)cc3)CC2)C(=O)Nc2ccccc21. The summed E-state index contributed by atoms with van der Waals surface area (Å²) in [5.74, 6) is -0.610. The highest BCUT2D eigenvalue weighted by molar-refractivity contribution is 6.30.